The Balaban J connectivity index is 1.89. The molecule has 0 unspecified atom stereocenters. The van der Waals surface area contributed by atoms with Gasteiger partial charge in [0.25, 0.3) is 0 Å². The molecule has 0 bridgehead atoms. The van der Waals surface area contributed by atoms with E-state index < -0.39 is 12.0 Å². The van der Waals surface area contributed by atoms with Crippen molar-refractivity contribution in [1.29, 1.82) is 0 Å². The van der Waals surface area contributed by atoms with Crippen LogP contribution in [-0.4, -0.2) is 23.3 Å². The lowest BCUT2D eigenvalue weighted by atomic mass is 10.1. The van der Waals surface area contributed by atoms with E-state index in [9.17, 15) is 9.59 Å². The third kappa shape index (κ3) is 4.60. The number of nitrogens with zero attached hydrogens (tertiary/aromatic N) is 1. The second-order valence-corrected chi connectivity index (χ2v) is 4.70. The normalized spacial score (nSPS) is 10.4. The summed E-state index contributed by atoms with van der Waals surface area (Å²) in [5, 5.41) is 15.6. The Morgan fingerprint density at radius 1 is 1.14 bits per heavy atom. The molecule has 0 radical (unpaired) electrons. The molecule has 2 rings (SSSR count). The van der Waals surface area contributed by atoms with Crippen molar-refractivity contribution in [3.8, 4) is 0 Å². The highest BCUT2D eigenvalue weighted by molar-refractivity contribution is 6.30. The molecule has 2 amide bonds. The maximum atomic E-state index is 11.6. The van der Waals surface area contributed by atoms with Gasteiger partial charge in [-0.3, -0.25) is 0 Å². The van der Waals surface area contributed by atoms with Crippen LogP contribution in [0.5, 0.6) is 0 Å². The molecule has 0 aliphatic heterocycles. The van der Waals surface area contributed by atoms with Gasteiger partial charge in [0.05, 0.1) is 11.8 Å². The summed E-state index contributed by atoms with van der Waals surface area (Å²) in [5.41, 5.74) is 3.69. The fourth-order valence-corrected chi connectivity index (χ4v) is 1.79. The van der Waals surface area contributed by atoms with Crippen molar-refractivity contribution in [2.75, 3.05) is 5.32 Å². The summed E-state index contributed by atoms with van der Waals surface area (Å²) in [6.45, 7) is 0. The second-order valence-electron chi connectivity index (χ2n) is 4.26. The monoisotopic (exact) mass is 317 g/mol. The molecule has 2 aromatic rings. The van der Waals surface area contributed by atoms with E-state index >= 15 is 0 Å². The van der Waals surface area contributed by atoms with Gasteiger partial charge in [0.15, 0.2) is 0 Å². The molecule has 112 valence electrons. The topological polar surface area (TPSA) is 90.8 Å². The molecule has 0 atom stereocenters. The van der Waals surface area contributed by atoms with Gasteiger partial charge in [-0.1, -0.05) is 29.8 Å². The molecule has 7 heteroatoms. The first kappa shape index (κ1) is 15.5. The number of halogens is 1. The van der Waals surface area contributed by atoms with Crippen LogP contribution in [0.1, 0.15) is 15.9 Å². The minimum atomic E-state index is -0.998. The van der Waals surface area contributed by atoms with Gasteiger partial charge >= 0.3 is 12.0 Å². The number of amides is 2. The molecule has 0 aliphatic carbocycles. The highest BCUT2D eigenvalue weighted by Gasteiger charge is 2.01. The summed E-state index contributed by atoms with van der Waals surface area (Å²) >= 11 is 5.80. The molecule has 0 saturated heterocycles. The maximum absolute atomic E-state index is 11.6. The number of carboxylic acids is 1. The lowest BCUT2D eigenvalue weighted by Crippen LogP contribution is -2.24. The lowest BCUT2D eigenvalue weighted by molar-refractivity contribution is 0.0697. The number of carboxylic acid groups (broad SMARTS) is 1. The van der Waals surface area contributed by atoms with Crippen LogP contribution in [-0.2, 0) is 0 Å². The molecule has 0 fully saturated rings. The fourth-order valence-electron chi connectivity index (χ4n) is 1.60. The Labute approximate surface area is 131 Å². The second kappa shape index (κ2) is 7.24. The first-order valence-electron chi connectivity index (χ1n) is 6.23. The zero-order chi connectivity index (χ0) is 15.9. The maximum Gasteiger partial charge on any atom is 0.339 e. The van der Waals surface area contributed by atoms with Crippen LogP contribution in [0.3, 0.4) is 0 Å². The number of hydrogen-bond acceptors (Lipinski definition) is 3. The van der Waals surface area contributed by atoms with Gasteiger partial charge in [0, 0.05) is 10.7 Å². The van der Waals surface area contributed by atoms with E-state index in [1.54, 1.807) is 36.4 Å². The Morgan fingerprint density at radius 3 is 2.50 bits per heavy atom. The third-order valence-electron chi connectivity index (χ3n) is 2.62. The number of anilines is 1. The number of hydrogen-bond donors (Lipinski definition) is 3. The van der Waals surface area contributed by atoms with Gasteiger partial charge in [-0.2, -0.15) is 5.10 Å². The third-order valence-corrected chi connectivity index (χ3v) is 2.85. The lowest BCUT2D eigenvalue weighted by Gasteiger charge is -2.04. The zero-order valence-corrected chi connectivity index (χ0v) is 12.0. The Hall–Kier alpha value is -2.86. The number of urea groups is 1. The number of rotatable bonds is 4. The first-order chi connectivity index (χ1) is 10.5. The minimum absolute atomic E-state index is 0.184. The van der Waals surface area contributed by atoms with E-state index in [0.29, 0.717) is 16.3 Å². The average molecular weight is 318 g/mol. The van der Waals surface area contributed by atoms with Crippen molar-refractivity contribution in [3.05, 3.63) is 64.7 Å². The van der Waals surface area contributed by atoms with Crippen LogP contribution in [0.25, 0.3) is 0 Å². The van der Waals surface area contributed by atoms with Crippen LogP contribution in [0.4, 0.5) is 10.5 Å². The van der Waals surface area contributed by atoms with Crippen LogP contribution >= 0.6 is 11.6 Å². The van der Waals surface area contributed by atoms with Crippen LogP contribution in [0.2, 0.25) is 5.02 Å². The zero-order valence-electron chi connectivity index (χ0n) is 11.3. The molecule has 2 aromatic carbocycles. The molecular weight excluding hydrogens is 306 g/mol. The summed E-state index contributed by atoms with van der Waals surface area (Å²) in [6, 6.07) is 12.3. The summed E-state index contributed by atoms with van der Waals surface area (Å²) in [5.74, 6) is -0.998. The molecule has 0 aliphatic rings. The average Bonchev–Trinajstić information content (AvgIpc) is 2.47. The van der Waals surface area contributed by atoms with E-state index in [2.05, 4.69) is 15.8 Å². The van der Waals surface area contributed by atoms with Gasteiger partial charge in [-0.05, 0) is 35.9 Å². The van der Waals surface area contributed by atoms with Crippen molar-refractivity contribution in [1.82, 2.24) is 5.43 Å². The molecular formula is C15H12ClN3O3. The quantitative estimate of drug-likeness (QED) is 0.597. The Kier molecular flexibility index (Phi) is 5.11. The summed E-state index contributed by atoms with van der Waals surface area (Å²) in [4.78, 5) is 22.3. The predicted molar refractivity (Wildman–Crippen MR) is 84.6 cm³/mol. The number of carbonyl (C=O) groups excluding carboxylic acids is 1. The molecule has 22 heavy (non-hydrogen) atoms. The number of carbonyl (C=O) groups is 2. The number of hydrazone groups is 1. The van der Waals surface area contributed by atoms with Gasteiger partial charge in [-0.15, -0.1) is 0 Å². The van der Waals surface area contributed by atoms with Crippen LogP contribution in [0, 0.1) is 0 Å². The molecule has 0 heterocycles. The minimum Gasteiger partial charge on any atom is -0.478 e. The Morgan fingerprint density at radius 2 is 1.86 bits per heavy atom. The number of nitrogens with one attached hydrogen (secondary N) is 2. The van der Waals surface area contributed by atoms with Crippen molar-refractivity contribution < 1.29 is 14.7 Å². The smallest absolute Gasteiger partial charge is 0.339 e. The SMILES string of the molecule is O=C(N/N=C\c1ccc(C(=O)O)cc1)Nc1cccc(Cl)c1. The van der Waals surface area contributed by atoms with Crippen molar-refractivity contribution in [2.45, 2.75) is 0 Å². The highest BCUT2D eigenvalue weighted by atomic mass is 35.5. The van der Waals surface area contributed by atoms with Crippen LogP contribution < -0.4 is 10.7 Å². The Bertz CT molecular complexity index is 714. The highest BCUT2D eigenvalue weighted by Crippen LogP contribution is 2.14. The molecule has 3 N–H and O–H groups in total. The number of aromatic carboxylic acids is 1. The van der Waals surface area contributed by atoms with E-state index in [4.69, 9.17) is 16.7 Å². The van der Waals surface area contributed by atoms with Crippen molar-refractivity contribution in [2.24, 2.45) is 5.10 Å². The van der Waals surface area contributed by atoms with E-state index in [1.165, 1.54) is 18.3 Å². The molecule has 6 nitrogen and oxygen atoms in total. The largest absolute Gasteiger partial charge is 0.478 e. The molecule has 0 spiro atoms. The van der Waals surface area contributed by atoms with Gasteiger partial charge in [0.1, 0.15) is 0 Å². The number of benzene rings is 2. The molecule has 0 aromatic heterocycles. The summed E-state index contributed by atoms with van der Waals surface area (Å²) in [7, 11) is 0. The summed E-state index contributed by atoms with van der Waals surface area (Å²) in [6.07, 6.45) is 1.41. The van der Waals surface area contributed by atoms with Crippen LogP contribution in [0.15, 0.2) is 53.6 Å². The standard InChI is InChI=1S/C15H12ClN3O3/c16-12-2-1-3-13(8-12)18-15(22)19-17-9-10-4-6-11(7-5-10)14(20)21/h1-9H,(H,20,21)(H2,18,19,22)/b17-9-. The van der Waals surface area contributed by atoms with Gasteiger partial charge in [-0.25, -0.2) is 15.0 Å². The summed E-state index contributed by atoms with van der Waals surface area (Å²) < 4.78 is 0. The first-order valence-corrected chi connectivity index (χ1v) is 6.61. The van der Waals surface area contributed by atoms with E-state index in [0.717, 1.165) is 0 Å². The van der Waals surface area contributed by atoms with Crippen molar-refractivity contribution in [3.63, 3.8) is 0 Å². The van der Waals surface area contributed by atoms with Gasteiger partial charge < -0.3 is 10.4 Å². The predicted octanol–water partition coefficient (Wildman–Crippen LogP) is 3.19. The fraction of sp³-hybridized carbons (Fsp3) is 0. The van der Waals surface area contributed by atoms with E-state index in [-0.39, 0.29) is 5.56 Å². The van der Waals surface area contributed by atoms with Gasteiger partial charge in [0.2, 0.25) is 0 Å². The molecule has 0 saturated carbocycles. The van der Waals surface area contributed by atoms with Crippen molar-refractivity contribution >= 4 is 35.5 Å². The van der Waals surface area contributed by atoms with E-state index in [1.807, 2.05) is 0 Å².